The van der Waals surface area contributed by atoms with Gasteiger partial charge in [0.2, 0.25) is 0 Å². The Balaban J connectivity index is 1.87. The predicted octanol–water partition coefficient (Wildman–Crippen LogP) is 3.43. The van der Waals surface area contributed by atoms with Crippen molar-refractivity contribution in [2.24, 2.45) is 0 Å². The zero-order valence-corrected chi connectivity index (χ0v) is 13.4. The Hall–Kier alpha value is -3.28. The normalized spacial score (nSPS) is 10.9. The van der Waals surface area contributed by atoms with E-state index in [1.807, 2.05) is 19.2 Å². The molecule has 0 saturated heterocycles. The number of nitrogens with zero attached hydrogens (tertiary/aromatic N) is 4. The smallest absolute Gasteiger partial charge is 0.155 e. The van der Waals surface area contributed by atoms with Crippen molar-refractivity contribution in [1.29, 1.82) is 0 Å². The summed E-state index contributed by atoms with van der Waals surface area (Å²) in [6, 6.07) is 10.2. The van der Waals surface area contributed by atoms with Crippen molar-refractivity contribution in [3.8, 4) is 22.4 Å². The van der Waals surface area contributed by atoms with Crippen molar-refractivity contribution in [3.63, 3.8) is 0 Å². The summed E-state index contributed by atoms with van der Waals surface area (Å²) in [6.45, 7) is 2.07. The fourth-order valence-electron chi connectivity index (χ4n) is 2.80. The Morgan fingerprint density at radius 2 is 1.96 bits per heavy atom. The summed E-state index contributed by atoms with van der Waals surface area (Å²) in [4.78, 5) is 4.28. The summed E-state index contributed by atoms with van der Waals surface area (Å²) in [6.07, 6.45) is 5.32. The highest BCUT2D eigenvalue weighted by atomic mass is 15.1. The van der Waals surface area contributed by atoms with Gasteiger partial charge in [0.1, 0.15) is 0 Å². The molecule has 2 N–H and O–H groups in total. The van der Waals surface area contributed by atoms with Gasteiger partial charge in [0.15, 0.2) is 5.65 Å². The van der Waals surface area contributed by atoms with Crippen LogP contribution < -0.4 is 5.32 Å². The Morgan fingerprint density at radius 1 is 1.04 bits per heavy atom. The summed E-state index contributed by atoms with van der Waals surface area (Å²) in [7, 11) is 1.91. The van der Waals surface area contributed by atoms with Gasteiger partial charge < -0.3 is 5.32 Å². The molecule has 0 spiro atoms. The number of hydrogen-bond donors (Lipinski definition) is 2. The number of H-pyrrole nitrogens is 1. The van der Waals surface area contributed by atoms with E-state index >= 15 is 0 Å². The first-order valence-corrected chi connectivity index (χ1v) is 7.66. The van der Waals surface area contributed by atoms with Crippen molar-refractivity contribution in [3.05, 3.63) is 54.5 Å². The Morgan fingerprint density at radius 3 is 2.83 bits per heavy atom. The third kappa shape index (κ3) is 2.38. The van der Waals surface area contributed by atoms with E-state index in [1.54, 1.807) is 18.6 Å². The highest BCUT2D eigenvalue weighted by Crippen LogP contribution is 2.30. The Bertz CT molecular complexity index is 1020. The average Bonchev–Trinajstić information content (AvgIpc) is 3.11. The van der Waals surface area contributed by atoms with Crippen LogP contribution in [0.2, 0.25) is 0 Å². The third-order valence-electron chi connectivity index (χ3n) is 4.12. The first-order valence-electron chi connectivity index (χ1n) is 7.66. The maximum Gasteiger partial charge on any atom is 0.155 e. The van der Waals surface area contributed by atoms with E-state index in [0.717, 1.165) is 44.7 Å². The molecule has 0 aliphatic rings. The van der Waals surface area contributed by atoms with E-state index in [0.29, 0.717) is 0 Å². The van der Waals surface area contributed by atoms with Crippen LogP contribution in [-0.4, -0.2) is 32.4 Å². The maximum atomic E-state index is 4.32. The number of nitrogens with one attached hydrogen (secondary N) is 2. The number of aromatic nitrogens is 5. The molecule has 6 heteroatoms. The van der Waals surface area contributed by atoms with E-state index in [2.05, 4.69) is 55.8 Å². The number of rotatable bonds is 3. The second kappa shape index (κ2) is 5.73. The number of pyridine rings is 1. The fourth-order valence-corrected chi connectivity index (χ4v) is 2.80. The second-order valence-corrected chi connectivity index (χ2v) is 5.60. The molecule has 0 aliphatic carbocycles. The molecule has 0 atom stereocenters. The SMILES string of the molecule is CNc1ccc(C)c(-c2cc(-c3ccnc4[nH]ncc34)cnn2)c1. The minimum absolute atomic E-state index is 0.763. The van der Waals surface area contributed by atoms with E-state index in [9.17, 15) is 0 Å². The number of anilines is 1. The molecule has 0 bridgehead atoms. The number of aromatic amines is 1. The molecule has 4 rings (SSSR count). The van der Waals surface area contributed by atoms with Gasteiger partial charge in [-0.15, -0.1) is 0 Å². The summed E-state index contributed by atoms with van der Waals surface area (Å²) in [5.41, 5.74) is 6.89. The molecule has 6 nitrogen and oxygen atoms in total. The summed E-state index contributed by atoms with van der Waals surface area (Å²) in [5, 5.41) is 19.6. The van der Waals surface area contributed by atoms with E-state index in [1.165, 1.54) is 0 Å². The molecule has 4 aromatic rings. The molecule has 0 amide bonds. The fraction of sp³-hybridized carbons (Fsp3) is 0.111. The Kier molecular flexibility index (Phi) is 3.42. The molecule has 0 unspecified atom stereocenters. The molecule has 0 radical (unpaired) electrons. The standard InChI is InChI=1S/C18H16N6/c1-11-3-4-13(19-2)8-15(11)17-7-12(9-21-23-17)14-5-6-20-18-16(14)10-22-24-18/h3-10,19H,1-2H3,(H,20,22,24). The van der Waals surface area contributed by atoms with Crippen LogP contribution in [0.3, 0.4) is 0 Å². The van der Waals surface area contributed by atoms with Gasteiger partial charge >= 0.3 is 0 Å². The molecule has 3 heterocycles. The average molecular weight is 316 g/mol. The molecule has 1 aromatic carbocycles. The van der Waals surface area contributed by atoms with Crippen LogP contribution in [0.5, 0.6) is 0 Å². The number of benzene rings is 1. The van der Waals surface area contributed by atoms with E-state index < -0.39 is 0 Å². The monoisotopic (exact) mass is 316 g/mol. The zero-order chi connectivity index (χ0) is 16.5. The van der Waals surface area contributed by atoms with E-state index in [4.69, 9.17) is 0 Å². The lowest BCUT2D eigenvalue weighted by molar-refractivity contribution is 1.04. The van der Waals surface area contributed by atoms with Gasteiger partial charge in [-0.25, -0.2) is 4.98 Å². The molecule has 24 heavy (non-hydrogen) atoms. The van der Waals surface area contributed by atoms with Crippen LogP contribution in [-0.2, 0) is 0 Å². The summed E-state index contributed by atoms with van der Waals surface area (Å²) >= 11 is 0. The lowest BCUT2D eigenvalue weighted by Crippen LogP contribution is -1.94. The zero-order valence-electron chi connectivity index (χ0n) is 13.4. The molecular weight excluding hydrogens is 300 g/mol. The third-order valence-corrected chi connectivity index (χ3v) is 4.12. The van der Waals surface area contributed by atoms with Gasteiger partial charge in [0.25, 0.3) is 0 Å². The van der Waals surface area contributed by atoms with Gasteiger partial charge in [-0.1, -0.05) is 6.07 Å². The molecule has 0 aliphatic heterocycles. The van der Waals surface area contributed by atoms with Crippen molar-refractivity contribution in [1.82, 2.24) is 25.4 Å². The second-order valence-electron chi connectivity index (χ2n) is 5.60. The van der Waals surface area contributed by atoms with Crippen LogP contribution in [0.1, 0.15) is 5.56 Å². The van der Waals surface area contributed by atoms with Gasteiger partial charge in [0, 0.05) is 35.4 Å². The van der Waals surface area contributed by atoms with Crippen LogP contribution in [0, 0.1) is 6.92 Å². The lowest BCUT2D eigenvalue weighted by Gasteiger charge is -2.09. The summed E-state index contributed by atoms with van der Waals surface area (Å²) in [5.74, 6) is 0. The van der Waals surface area contributed by atoms with Crippen molar-refractivity contribution in [2.75, 3.05) is 12.4 Å². The molecular formula is C18H16N6. The maximum absolute atomic E-state index is 4.32. The van der Waals surface area contributed by atoms with Crippen LogP contribution in [0.15, 0.2) is 48.9 Å². The number of hydrogen-bond acceptors (Lipinski definition) is 5. The molecule has 0 fully saturated rings. The molecule has 118 valence electrons. The number of fused-ring (bicyclic) bond motifs is 1. The Labute approximate surface area is 139 Å². The quantitative estimate of drug-likeness (QED) is 0.605. The number of aryl methyl sites for hydroxylation is 1. The summed E-state index contributed by atoms with van der Waals surface area (Å²) < 4.78 is 0. The highest BCUT2D eigenvalue weighted by Gasteiger charge is 2.10. The first-order chi connectivity index (χ1) is 11.8. The van der Waals surface area contributed by atoms with Gasteiger partial charge in [-0.3, -0.25) is 5.10 Å². The van der Waals surface area contributed by atoms with E-state index in [-0.39, 0.29) is 0 Å². The van der Waals surface area contributed by atoms with Crippen LogP contribution in [0.25, 0.3) is 33.4 Å². The molecule has 3 aromatic heterocycles. The highest BCUT2D eigenvalue weighted by molar-refractivity contribution is 5.92. The van der Waals surface area contributed by atoms with Crippen molar-refractivity contribution in [2.45, 2.75) is 6.92 Å². The largest absolute Gasteiger partial charge is 0.388 e. The van der Waals surface area contributed by atoms with Gasteiger partial charge in [-0.05, 0) is 42.3 Å². The van der Waals surface area contributed by atoms with Crippen molar-refractivity contribution < 1.29 is 0 Å². The van der Waals surface area contributed by atoms with Crippen molar-refractivity contribution >= 4 is 16.7 Å². The lowest BCUT2D eigenvalue weighted by atomic mass is 10.0. The predicted molar refractivity (Wildman–Crippen MR) is 94.6 cm³/mol. The van der Waals surface area contributed by atoms with Gasteiger partial charge in [-0.2, -0.15) is 15.3 Å². The topological polar surface area (TPSA) is 79.4 Å². The van der Waals surface area contributed by atoms with Gasteiger partial charge in [0.05, 0.1) is 18.1 Å². The van der Waals surface area contributed by atoms with Crippen LogP contribution >= 0.6 is 0 Å². The first kappa shape index (κ1) is 14.3. The minimum Gasteiger partial charge on any atom is -0.388 e. The van der Waals surface area contributed by atoms with Crippen LogP contribution in [0.4, 0.5) is 5.69 Å². The molecule has 0 saturated carbocycles. The minimum atomic E-state index is 0.763.